The van der Waals surface area contributed by atoms with E-state index < -0.39 is 15.8 Å². The number of aryl methyl sites for hydroxylation is 2. The van der Waals surface area contributed by atoms with E-state index in [1.54, 1.807) is 18.7 Å². The zero-order valence-electron chi connectivity index (χ0n) is 12.0. The van der Waals surface area contributed by atoms with Crippen LogP contribution < -0.4 is 4.72 Å². The number of nitrogens with zero attached hydrogens (tertiary/aromatic N) is 2. The molecule has 118 valence electrons. The monoisotopic (exact) mass is 341 g/mol. The number of thioether (sulfide) groups is 1. The van der Waals surface area contributed by atoms with Crippen LogP contribution in [-0.2, 0) is 23.0 Å². The van der Waals surface area contributed by atoms with Crippen LogP contribution in [0.2, 0.25) is 0 Å². The van der Waals surface area contributed by atoms with Crippen molar-refractivity contribution in [2.75, 3.05) is 12.3 Å². The molecule has 0 atom stereocenters. The molecule has 0 aliphatic carbocycles. The second-order valence-corrected chi connectivity index (χ2v) is 7.94. The topological polar surface area (TPSA) is 64.0 Å². The van der Waals surface area contributed by atoms with Gasteiger partial charge in [-0.1, -0.05) is 11.8 Å². The maximum absolute atomic E-state index is 13.2. The van der Waals surface area contributed by atoms with Gasteiger partial charge >= 0.3 is 0 Å². The fraction of sp³-hybridized carbons (Fsp3) is 0.357. The standard InChI is InChI=1S/C14H16FN3O2S2/c1-10-8-12(2-3-13(10)15)22(19,20)16-5-4-11-9-18-6-7-21-14(18)17-11/h2-3,8-9,16H,4-7H2,1H3. The van der Waals surface area contributed by atoms with Gasteiger partial charge in [0.05, 0.1) is 10.6 Å². The first-order valence-electron chi connectivity index (χ1n) is 6.90. The van der Waals surface area contributed by atoms with Gasteiger partial charge in [0.25, 0.3) is 0 Å². The first-order chi connectivity index (χ1) is 10.5. The van der Waals surface area contributed by atoms with Crippen molar-refractivity contribution in [3.63, 3.8) is 0 Å². The molecule has 2 heterocycles. The first-order valence-corrected chi connectivity index (χ1v) is 9.37. The Bertz CT molecular complexity index is 781. The van der Waals surface area contributed by atoms with Gasteiger partial charge in [-0.05, 0) is 30.7 Å². The van der Waals surface area contributed by atoms with E-state index in [4.69, 9.17) is 0 Å². The van der Waals surface area contributed by atoms with E-state index in [0.29, 0.717) is 12.0 Å². The Kier molecular flexibility index (Phi) is 4.24. The molecule has 0 fully saturated rings. The molecule has 1 aliphatic heterocycles. The van der Waals surface area contributed by atoms with E-state index in [0.717, 1.165) is 23.1 Å². The Labute approximate surface area is 133 Å². The maximum Gasteiger partial charge on any atom is 0.240 e. The lowest BCUT2D eigenvalue weighted by atomic mass is 10.2. The molecule has 0 saturated carbocycles. The summed E-state index contributed by atoms with van der Waals surface area (Å²) in [5.41, 5.74) is 1.19. The minimum atomic E-state index is -3.62. The highest BCUT2D eigenvalue weighted by Gasteiger charge is 2.17. The number of hydrogen-bond acceptors (Lipinski definition) is 4. The molecule has 3 rings (SSSR count). The maximum atomic E-state index is 13.2. The Morgan fingerprint density at radius 2 is 2.27 bits per heavy atom. The van der Waals surface area contributed by atoms with E-state index >= 15 is 0 Å². The summed E-state index contributed by atoms with van der Waals surface area (Å²) in [5.74, 6) is 0.628. The lowest BCUT2D eigenvalue weighted by Crippen LogP contribution is -2.26. The molecule has 0 radical (unpaired) electrons. The van der Waals surface area contributed by atoms with E-state index in [-0.39, 0.29) is 11.4 Å². The predicted molar refractivity (Wildman–Crippen MR) is 83.0 cm³/mol. The summed E-state index contributed by atoms with van der Waals surface area (Å²) < 4.78 is 42.1. The van der Waals surface area contributed by atoms with Crippen LogP contribution in [0.1, 0.15) is 11.3 Å². The van der Waals surface area contributed by atoms with E-state index in [2.05, 4.69) is 14.3 Å². The van der Waals surface area contributed by atoms with E-state index in [9.17, 15) is 12.8 Å². The number of rotatable bonds is 5. The number of benzene rings is 1. The molecule has 0 bridgehead atoms. The first kappa shape index (κ1) is 15.5. The number of fused-ring (bicyclic) bond motifs is 1. The minimum Gasteiger partial charge on any atom is -0.325 e. The van der Waals surface area contributed by atoms with Gasteiger partial charge in [0.15, 0.2) is 5.16 Å². The van der Waals surface area contributed by atoms with Gasteiger partial charge in [0.2, 0.25) is 10.0 Å². The van der Waals surface area contributed by atoms with Crippen LogP contribution in [0.5, 0.6) is 0 Å². The van der Waals surface area contributed by atoms with Crippen molar-refractivity contribution >= 4 is 21.8 Å². The fourth-order valence-electron chi connectivity index (χ4n) is 2.26. The van der Waals surface area contributed by atoms with Crippen LogP contribution in [-0.4, -0.2) is 30.3 Å². The summed E-state index contributed by atoms with van der Waals surface area (Å²) in [7, 11) is -3.62. The highest BCUT2D eigenvalue weighted by Crippen LogP contribution is 2.24. The van der Waals surface area contributed by atoms with Gasteiger partial charge in [-0.25, -0.2) is 22.5 Å². The third-order valence-electron chi connectivity index (χ3n) is 3.47. The van der Waals surface area contributed by atoms with Crippen LogP contribution in [0.25, 0.3) is 0 Å². The van der Waals surface area contributed by atoms with Gasteiger partial charge < -0.3 is 4.57 Å². The lowest BCUT2D eigenvalue weighted by molar-refractivity contribution is 0.579. The molecule has 8 heteroatoms. The minimum absolute atomic E-state index is 0.0780. The molecular weight excluding hydrogens is 325 g/mol. The molecule has 1 aliphatic rings. The van der Waals surface area contributed by atoms with Crippen molar-refractivity contribution in [2.45, 2.75) is 29.9 Å². The lowest BCUT2D eigenvalue weighted by Gasteiger charge is -2.07. The Hall–Kier alpha value is -1.38. The molecule has 1 N–H and O–H groups in total. The van der Waals surface area contributed by atoms with E-state index in [1.165, 1.54) is 18.2 Å². The summed E-state index contributed by atoms with van der Waals surface area (Å²) in [6.45, 7) is 2.76. The third kappa shape index (κ3) is 3.18. The van der Waals surface area contributed by atoms with Crippen molar-refractivity contribution in [3.05, 3.63) is 41.5 Å². The average Bonchev–Trinajstić information content (AvgIpc) is 3.02. The second-order valence-electron chi connectivity index (χ2n) is 5.12. The number of halogens is 1. The fourth-order valence-corrected chi connectivity index (χ4v) is 4.34. The zero-order chi connectivity index (χ0) is 15.7. The molecule has 0 amide bonds. The van der Waals surface area contributed by atoms with Gasteiger partial charge in [-0.2, -0.15) is 0 Å². The number of imidazole rings is 1. The molecule has 1 aromatic heterocycles. The SMILES string of the molecule is Cc1cc(S(=O)(=O)NCCc2cn3c(n2)SCC3)ccc1F. The normalized spacial score (nSPS) is 14.3. The largest absolute Gasteiger partial charge is 0.325 e. The molecule has 5 nitrogen and oxygen atoms in total. The molecule has 0 spiro atoms. The summed E-state index contributed by atoms with van der Waals surface area (Å²) in [5, 5.41) is 0.993. The highest BCUT2D eigenvalue weighted by molar-refractivity contribution is 7.99. The summed E-state index contributed by atoms with van der Waals surface area (Å²) in [4.78, 5) is 4.53. The third-order valence-corrected chi connectivity index (χ3v) is 5.90. The molecule has 2 aromatic rings. The average molecular weight is 341 g/mol. The highest BCUT2D eigenvalue weighted by atomic mass is 32.2. The van der Waals surface area contributed by atoms with Crippen molar-refractivity contribution < 1.29 is 12.8 Å². The zero-order valence-corrected chi connectivity index (χ0v) is 13.7. The van der Waals surface area contributed by atoms with Crippen LogP contribution in [0.3, 0.4) is 0 Å². The van der Waals surface area contributed by atoms with Gasteiger partial charge in [0.1, 0.15) is 5.82 Å². The van der Waals surface area contributed by atoms with Crippen molar-refractivity contribution in [1.29, 1.82) is 0 Å². The molecular formula is C14H16FN3O2S2. The predicted octanol–water partition coefficient (Wildman–Crippen LogP) is 1.96. The van der Waals surface area contributed by atoms with Crippen LogP contribution in [0.15, 0.2) is 34.4 Å². The van der Waals surface area contributed by atoms with Crippen molar-refractivity contribution in [2.24, 2.45) is 0 Å². The van der Waals surface area contributed by atoms with E-state index in [1.807, 2.05) is 6.20 Å². The summed E-state index contributed by atoms with van der Waals surface area (Å²) in [6.07, 6.45) is 2.49. The van der Waals surface area contributed by atoms with Crippen LogP contribution in [0.4, 0.5) is 4.39 Å². The number of sulfonamides is 1. The van der Waals surface area contributed by atoms with Crippen molar-refractivity contribution in [3.8, 4) is 0 Å². The van der Waals surface area contributed by atoms with Gasteiger partial charge in [-0.15, -0.1) is 0 Å². The molecule has 0 saturated heterocycles. The van der Waals surface area contributed by atoms with Gasteiger partial charge in [0, 0.05) is 31.5 Å². The number of hydrogen-bond donors (Lipinski definition) is 1. The molecule has 22 heavy (non-hydrogen) atoms. The van der Waals surface area contributed by atoms with Crippen LogP contribution in [0, 0.1) is 12.7 Å². The quantitative estimate of drug-likeness (QED) is 0.903. The summed E-state index contributed by atoms with van der Waals surface area (Å²) >= 11 is 1.71. The Morgan fingerprint density at radius 1 is 1.45 bits per heavy atom. The van der Waals surface area contributed by atoms with Crippen molar-refractivity contribution in [1.82, 2.24) is 14.3 Å². The number of aromatic nitrogens is 2. The molecule has 1 aromatic carbocycles. The number of nitrogens with one attached hydrogen (secondary N) is 1. The smallest absolute Gasteiger partial charge is 0.240 e. The Balaban J connectivity index is 1.63. The second kappa shape index (κ2) is 6.02. The van der Waals surface area contributed by atoms with Crippen LogP contribution >= 0.6 is 11.8 Å². The van der Waals surface area contributed by atoms with Gasteiger partial charge in [-0.3, -0.25) is 0 Å². The summed E-state index contributed by atoms with van der Waals surface area (Å²) in [6, 6.07) is 3.77. The molecule has 0 unspecified atom stereocenters. The Morgan fingerprint density at radius 3 is 3.00 bits per heavy atom.